The van der Waals surface area contributed by atoms with Crippen molar-refractivity contribution in [2.45, 2.75) is 55.9 Å². The zero-order valence-corrected chi connectivity index (χ0v) is 17.5. The minimum absolute atomic E-state index is 0.0441. The number of methoxy groups -OCH3 is 1. The summed E-state index contributed by atoms with van der Waals surface area (Å²) in [6, 6.07) is 13.9. The maximum absolute atomic E-state index is 13.1. The van der Waals surface area contributed by atoms with Gasteiger partial charge in [0.1, 0.15) is 5.82 Å². The van der Waals surface area contributed by atoms with Gasteiger partial charge in [-0.2, -0.15) is 0 Å². The zero-order chi connectivity index (χ0) is 21.1. The van der Waals surface area contributed by atoms with Crippen LogP contribution < -0.4 is 4.72 Å². The number of sulfonamides is 1. The number of halogens is 1. The van der Waals surface area contributed by atoms with Crippen molar-refractivity contribution < 1.29 is 22.3 Å². The van der Waals surface area contributed by atoms with E-state index in [4.69, 9.17) is 0 Å². The summed E-state index contributed by atoms with van der Waals surface area (Å²) in [6.45, 7) is 0. The Morgan fingerprint density at radius 1 is 0.966 bits per heavy atom. The van der Waals surface area contributed by atoms with Crippen LogP contribution in [0.25, 0.3) is 0 Å². The summed E-state index contributed by atoms with van der Waals surface area (Å²) in [5.74, 6) is -0.667. The summed E-state index contributed by atoms with van der Waals surface area (Å²) in [6.07, 6.45) is 5.59. The predicted octanol–water partition coefficient (Wildman–Crippen LogP) is 4.75. The molecule has 29 heavy (non-hydrogen) atoms. The van der Waals surface area contributed by atoms with Gasteiger partial charge in [-0.25, -0.2) is 17.5 Å². The van der Waals surface area contributed by atoms with E-state index in [1.54, 1.807) is 0 Å². The average molecular weight is 422 g/mol. The van der Waals surface area contributed by atoms with Gasteiger partial charge in [0.25, 0.3) is 0 Å². The first kappa shape index (κ1) is 23.0. The van der Waals surface area contributed by atoms with Crippen LogP contribution in [0, 0.1) is 5.82 Å². The van der Waals surface area contributed by atoms with Crippen LogP contribution in [0.5, 0.6) is 0 Å². The molecule has 0 fully saturated rings. The number of carbonyl (C=O) groups is 1. The molecular weight excluding hydrogens is 393 g/mol. The predicted molar refractivity (Wildman–Crippen MR) is 110 cm³/mol. The first-order chi connectivity index (χ1) is 13.9. The fraction of sp³-hybridized carbons (Fsp3) is 0.409. The van der Waals surface area contributed by atoms with Gasteiger partial charge >= 0.3 is 5.97 Å². The fourth-order valence-corrected chi connectivity index (χ4v) is 4.36. The third-order valence-corrected chi connectivity index (χ3v) is 6.21. The van der Waals surface area contributed by atoms with Gasteiger partial charge < -0.3 is 4.74 Å². The topological polar surface area (TPSA) is 72.5 Å². The highest BCUT2D eigenvalue weighted by Gasteiger charge is 2.21. The number of hydrogen-bond acceptors (Lipinski definition) is 4. The van der Waals surface area contributed by atoms with E-state index >= 15 is 0 Å². The minimum atomic E-state index is -3.76. The van der Waals surface area contributed by atoms with Crippen LogP contribution in [-0.4, -0.2) is 21.5 Å². The molecule has 1 N–H and O–H groups in total. The highest BCUT2D eigenvalue weighted by Crippen LogP contribution is 2.23. The average Bonchev–Trinajstić information content (AvgIpc) is 2.72. The number of nitrogens with one attached hydrogen (secondary N) is 1. The van der Waals surface area contributed by atoms with E-state index in [1.165, 1.54) is 19.2 Å². The molecule has 1 unspecified atom stereocenters. The van der Waals surface area contributed by atoms with Gasteiger partial charge in [-0.05, 0) is 42.7 Å². The first-order valence-electron chi connectivity index (χ1n) is 9.82. The lowest BCUT2D eigenvalue weighted by molar-refractivity contribution is -0.140. The zero-order valence-electron chi connectivity index (χ0n) is 16.6. The minimum Gasteiger partial charge on any atom is -0.469 e. The molecule has 0 aliphatic rings. The molecule has 0 saturated carbocycles. The summed E-state index contributed by atoms with van der Waals surface area (Å²) in [5, 5.41) is 0. The molecule has 0 aliphatic carbocycles. The van der Waals surface area contributed by atoms with Crippen molar-refractivity contribution in [3.63, 3.8) is 0 Å². The van der Waals surface area contributed by atoms with E-state index in [2.05, 4.69) is 9.46 Å². The van der Waals surface area contributed by atoms with E-state index in [0.29, 0.717) is 12.8 Å². The second kappa shape index (κ2) is 11.7. The number of benzene rings is 2. The second-order valence-electron chi connectivity index (χ2n) is 6.92. The third-order valence-electron chi connectivity index (χ3n) is 4.72. The van der Waals surface area contributed by atoms with E-state index in [9.17, 15) is 17.6 Å². The molecule has 1 atom stereocenters. The van der Waals surface area contributed by atoms with Crippen molar-refractivity contribution in [1.82, 2.24) is 4.72 Å². The Kier molecular flexibility index (Phi) is 9.28. The lowest BCUT2D eigenvalue weighted by Gasteiger charge is -2.19. The van der Waals surface area contributed by atoms with Crippen LogP contribution in [-0.2, 0) is 19.6 Å². The molecule has 0 radical (unpaired) electrons. The lowest BCUT2D eigenvalue weighted by atomic mass is 10.0. The Labute approximate surface area is 172 Å². The Morgan fingerprint density at radius 2 is 1.59 bits per heavy atom. The van der Waals surface area contributed by atoms with Gasteiger partial charge in [0.2, 0.25) is 10.0 Å². The molecule has 0 heterocycles. The van der Waals surface area contributed by atoms with E-state index in [1.807, 2.05) is 30.3 Å². The van der Waals surface area contributed by atoms with Crippen LogP contribution in [0.1, 0.15) is 56.6 Å². The first-order valence-corrected chi connectivity index (χ1v) is 11.3. The third kappa shape index (κ3) is 7.95. The maximum Gasteiger partial charge on any atom is 0.305 e. The molecule has 2 aromatic carbocycles. The molecule has 2 rings (SSSR count). The van der Waals surface area contributed by atoms with Crippen molar-refractivity contribution in [1.29, 1.82) is 0 Å². The Hall–Kier alpha value is -2.25. The monoisotopic (exact) mass is 421 g/mol. The van der Waals surface area contributed by atoms with Crippen LogP contribution in [0.3, 0.4) is 0 Å². The molecule has 0 bridgehead atoms. The Bertz CT molecular complexity index is 854. The summed E-state index contributed by atoms with van der Waals surface area (Å²) in [4.78, 5) is 11.2. The molecule has 0 saturated heterocycles. The van der Waals surface area contributed by atoms with Gasteiger partial charge in [0, 0.05) is 12.5 Å². The van der Waals surface area contributed by atoms with Gasteiger partial charge in [-0.1, -0.05) is 56.0 Å². The highest BCUT2D eigenvalue weighted by molar-refractivity contribution is 7.89. The quantitative estimate of drug-likeness (QED) is 0.397. The van der Waals surface area contributed by atoms with E-state index in [0.717, 1.165) is 49.8 Å². The standard InChI is InChI=1S/C22H28FNO4S/c1-28-22(25)13-9-4-2-3-8-12-21(18-10-6-5-7-11-18)24-29(26,27)20-16-14-19(23)15-17-20/h5-7,10-11,14-17,21,24H,2-4,8-9,12-13H2,1H3. The van der Waals surface area contributed by atoms with Gasteiger partial charge in [0.15, 0.2) is 0 Å². The van der Waals surface area contributed by atoms with Crippen molar-refractivity contribution >= 4 is 16.0 Å². The number of hydrogen-bond donors (Lipinski definition) is 1. The molecule has 5 nitrogen and oxygen atoms in total. The normalized spacial score (nSPS) is 12.5. The number of unbranched alkanes of at least 4 members (excludes halogenated alkanes) is 4. The van der Waals surface area contributed by atoms with Crippen LogP contribution in [0.2, 0.25) is 0 Å². The van der Waals surface area contributed by atoms with Crippen LogP contribution in [0.4, 0.5) is 4.39 Å². The SMILES string of the molecule is COC(=O)CCCCCCCC(NS(=O)(=O)c1ccc(F)cc1)c1ccccc1. The molecule has 2 aromatic rings. The largest absolute Gasteiger partial charge is 0.469 e. The van der Waals surface area contributed by atoms with Crippen molar-refractivity contribution in [3.05, 3.63) is 66.0 Å². The van der Waals surface area contributed by atoms with Gasteiger partial charge in [0.05, 0.1) is 12.0 Å². The molecule has 0 aliphatic heterocycles. The van der Waals surface area contributed by atoms with E-state index < -0.39 is 15.8 Å². The molecule has 0 aromatic heterocycles. The second-order valence-corrected chi connectivity index (χ2v) is 8.64. The molecule has 0 spiro atoms. The van der Waals surface area contributed by atoms with Crippen LogP contribution in [0.15, 0.2) is 59.5 Å². The van der Waals surface area contributed by atoms with Crippen molar-refractivity contribution in [2.24, 2.45) is 0 Å². The summed E-state index contributed by atoms with van der Waals surface area (Å²) < 4.78 is 45.9. The summed E-state index contributed by atoms with van der Waals surface area (Å²) in [7, 11) is -2.37. The van der Waals surface area contributed by atoms with Gasteiger partial charge in [-0.3, -0.25) is 4.79 Å². The van der Waals surface area contributed by atoms with Crippen molar-refractivity contribution in [3.8, 4) is 0 Å². The smallest absolute Gasteiger partial charge is 0.305 e. The Balaban J connectivity index is 1.92. The van der Waals surface area contributed by atoms with Crippen LogP contribution >= 0.6 is 0 Å². The number of ether oxygens (including phenoxy) is 1. The highest BCUT2D eigenvalue weighted by atomic mass is 32.2. The molecule has 7 heteroatoms. The van der Waals surface area contributed by atoms with Crippen molar-refractivity contribution in [2.75, 3.05) is 7.11 Å². The summed E-state index contributed by atoms with van der Waals surface area (Å²) in [5.41, 5.74) is 0.892. The maximum atomic E-state index is 13.1. The molecule has 158 valence electrons. The lowest BCUT2D eigenvalue weighted by Crippen LogP contribution is -2.28. The van der Waals surface area contributed by atoms with E-state index in [-0.39, 0.29) is 16.9 Å². The number of rotatable bonds is 12. The number of esters is 1. The Morgan fingerprint density at radius 3 is 2.24 bits per heavy atom. The molecular formula is C22H28FNO4S. The summed E-state index contributed by atoms with van der Waals surface area (Å²) >= 11 is 0. The fourth-order valence-electron chi connectivity index (χ4n) is 3.10. The van der Waals surface area contributed by atoms with Gasteiger partial charge in [-0.15, -0.1) is 0 Å². The number of carbonyl (C=O) groups excluding carboxylic acids is 1. The molecule has 0 amide bonds.